The molecular weight excluding hydrogens is 292 g/mol. The van der Waals surface area contributed by atoms with E-state index in [9.17, 15) is 4.79 Å². The molecule has 18 heavy (non-hydrogen) atoms. The van der Waals surface area contributed by atoms with Crippen molar-refractivity contribution >= 4 is 27.5 Å². The highest BCUT2D eigenvalue weighted by atomic mass is 79.9. The third-order valence-electron chi connectivity index (χ3n) is 3.43. The average Bonchev–Trinajstić information content (AvgIpc) is 2.87. The third-order valence-corrected chi connectivity index (χ3v) is 4.29. The van der Waals surface area contributed by atoms with Crippen LogP contribution in [0.25, 0.3) is 0 Å². The molecule has 0 radical (unpaired) electrons. The van der Waals surface area contributed by atoms with Gasteiger partial charge in [0.1, 0.15) is 6.04 Å². The van der Waals surface area contributed by atoms with Crippen molar-refractivity contribution < 1.29 is 4.79 Å². The van der Waals surface area contributed by atoms with Crippen LogP contribution in [-0.4, -0.2) is 29.9 Å². The molecule has 0 aromatic heterocycles. The number of carbonyl (C=O) groups is 1. The standard InChI is InChI=1S/C14H19BrN2O/c1-10-12(15)6-5-7-13(10)16-11(2)14(18)17-8-3-4-9-17/h5-7,11,16H,3-4,8-9H2,1-2H3. The molecular formula is C14H19BrN2O. The Morgan fingerprint density at radius 1 is 1.39 bits per heavy atom. The summed E-state index contributed by atoms with van der Waals surface area (Å²) in [4.78, 5) is 14.1. The Labute approximate surface area is 117 Å². The molecule has 0 bridgehead atoms. The van der Waals surface area contributed by atoms with Gasteiger partial charge in [-0.3, -0.25) is 4.79 Å². The predicted molar refractivity (Wildman–Crippen MR) is 77.8 cm³/mol. The van der Waals surface area contributed by atoms with Gasteiger partial charge in [0.25, 0.3) is 0 Å². The van der Waals surface area contributed by atoms with Gasteiger partial charge in [-0.1, -0.05) is 22.0 Å². The summed E-state index contributed by atoms with van der Waals surface area (Å²) in [6, 6.07) is 5.82. The van der Waals surface area contributed by atoms with Gasteiger partial charge in [0, 0.05) is 23.2 Å². The zero-order chi connectivity index (χ0) is 13.1. The maximum atomic E-state index is 12.2. The van der Waals surface area contributed by atoms with Crippen molar-refractivity contribution in [1.82, 2.24) is 4.90 Å². The zero-order valence-corrected chi connectivity index (χ0v) is 12.5. The van der Waals surface area contributed by atoms with E-state index in [1.807, 2.05) is 36.9 Å². The largest absolute Gasteiger partial charge is 0.374 e. The Hall–Kier alpha value is -1.03. The number of rotatable bonds is 3. The van der Waals surface area contributed by atoms with E-state index >= 15 is 0 Å². The number of anilines is 1. The Bertz CT molecular complexity index is 441. The molecule has 2 rings (SSSR count). The quantitative estimate of drug-likeness (QED) is 0.930. The van der Waals surface area contributed by atoms with Crippen molar-refractivity contribution in [3.63, 3.8) is 0 Å². The maximum Gasteiger partial charge on any atom is 0.244 e. The molecule has 1 aromatic carbocycles. The van der Waals surface area contributed by atoms with Crippen LogP contribution in [0.4, 0.5) is 5.69 Å². The smallest absolute Gasteiger partial charge is 0.244 e. The number of nitrogens with one attached hydrogen (secondary N) is 1. The summed E-state index contributed by atoms with van der Waals surface area (Å²) in [6.45, 7) is 5.78. The lowest BCUT2D eigenvalue weighted by atomic mass is 10.2. The summed E-state index contributed by atoms with van der Waals surface area (Å²) < 4.78 is 1.06. The number of nitrogens with zero attached hydrogens (tertiary/aromatic N) is 1. The highest BCUT2D eigenvalue weighted by Crippen LogP contribution is 2.24. The van der Waals surface area contributed by atoms with Crippen molar-refractivity contribution in [2.24, 2.45) is 0 Å². The summed E-state index contributed by atoms with van der Waals surface area (Å²) >= 11 is 3.50. The molecule has 4 heteroatoms. The zero-order valence-electron chi connectivity index (χ0n) is 10.9. The molecule has 1 saturated heterocycles. The number of benzene rings is 1. The molecule has 98 valence electrons. The first kappa shape index (κ1) is 13.4. The topological polar surface area (TPSA) is 32.3 Å². The van der Waals surface area contributed by atoms with E-state index in [-0.39, 0.29) is 11.9 Å². The first-order valence-electron chi connectivity index (χ1n) is 6.40. The Morgan fingerprint density at radius 2 is 2.06 bits per heavy atom. The fourth-order valence-corrected chi connectivity index (χ4v) is 2.64. The van der Waals surface area contributed by atoms with Crippen LogP contribution < -0.4 is 5.32 Å². The van der Waals surface area contributed by atoms with E-state index in [0.717, 1.165) is 41.7 Å². The molecule has 0 spiro atoms. The number of hydrogen-bond acceptors (Lipinski definition) is 2. The van der Waals surface area contributed by atoms with Crippen molar-refractivity contribution in [2.45, 2.75) is 32.7 Å². The lowest BCUT2D eigenvalue weighted by Crippen LogP contribution is -2.39. The summed E-state index contributed by atoms with van der Waals surface area (Å²) in [5.41, 5.74) is 2.16. The lowest BCUT2D eigenvalue weighted by Gasteiger charge is -2.22. The number of halogens is 1. The van der Waals surface area contributed by atoms with Crippen LogP contribution in [0.1, 0.15) is 25.3 Å². The van der Waals surface area contributed by atoms with Crippen LogP contribution in [-0.2, 0) is 4.79 Å². The summed E-state index contributed by atoms with van der Waals surface area (Å²) in [6.07, 6.45) is 2.27. The second-order valence-electron chi connectivity index (χ2n) is 4.81. The molecule has 1 aromatic rings. The van der Waals surface area contributed by atoms with Gasteiger partial charge in [-0.25, -0.2) is 0 Å². The van der Waals surface area contributed by atoms with Gasteiger partial charge < -0.3 is 10.2 Å². The molecule has 1 unspecified atom stereocenters. The molecule has 3 nitrogen and oxygen atoms in total. The van der Waals surface area contributed by atoms with Crippen LogP contribution in [0.3, 0.4) is 0 Å². The van der Waals surface area contributed by atoms with Gasteiger partial charge >= 0.3 is 0 Å². The highest BCUT2D eigenvalue weighted by molar-refractivity contribution is 9.10. The normalized spacial score (nSPS) is 16.7. The molecule has 1 fully saturated rings. The van der Waals surface area contributed by atoms with Crippen LogP contribution in [0.5, 0.6) is 0 Å². The molecule has 1 aliphatic rings. The van der Waals surface area contributed by atoms with E-state index in [2.05, 4.69) is 21.2 Å². The minimum Gasteiger partial charge on any atom is -0.374 e. The van der Waals surface area contributed by atoms with Crippen molar-refractivity contribution in [2.75, 3.05) is 18.4 Å². The Balaban J connectivity index is 2.04. The minimum atomic E-state index is -0.170. The molecule has 0 saturated carbocycles. The monoisotopic (exact) mass is 310 g/mol. The fraction of sp³-hybridized carbons (Fsp3) is 0.500. The van der Waals surface area contributed by atoms with E-state index in [1.54, 1.807) is 0 Å². The van der Waals surface area contributed by atoms with Gasteiger partial charge in [-0.15, -0.1) is 0 Å². The third kappa shape index (κ3) is 2.86. The number of amides is 1. The second kappa shape index (κ2) is 5.74. The average molecular weight is 311 g/mol. The van der Waals surface area contributed by atoms with Crippen molar-refractivity contribution in [3.05, 3.63) is 28.2 Å². The molecule has 1 atom stereocenters. The number of carbonyl (C=O) groups excluding carboxylic acids is 1. The first-order valence-corrected chi connectivity index (χ1v) is 7.19. The van der Waals surface area contributed by atoms with Crippen LogP contribution in [0.2, 0.25) is 0 Å². The summed E-state index contributed by atoms with van der Waals surface area (Å²) in [5.74, 6) is 0.201. The van der Waals surface area contributed by atoms with Gasteiger partial charge in [0.15, 0.2) is 0 Å². The van der Waals surface area contributed by atoms with Crippen LogP contribution in [0, 0.1) is 6.92 Å². The van der Waals surface area contributed by atoms with Crippen LogP contribution in [0.15, 0.2) is 22.7 Å². The number of hydrogen-bond donors (Lipinski definition) is 1. The van der Waals surface area contributed by atoms with E-state index in [4.69, 9.17) is 0 Å². The first-order chi connectivity index (χ1) is 8.59. The van der Waals surface area contributed by atoms with Gasteiger partial charge in [0.2, 0.25) is 5.91 Å². The van der Waals surface area contributed by atoms with Gasteiger partial charge in [0.05, 0.1) is 0 Å². The summed E-state index contributed by atoms with van der Waals surface area (Å²) in [5, 5.41) is 3.31. The molecule has 1 amide bonds. The van der Waals surface area contributed by atoms with E-state index in [0.29, 0.717) is 0 Å². The second-order valence-corrected chi connectivity index (χ2v) is 5.67. The molecule has 0 aliphatic carbocycles. The van der Waals surface area contributed by atoms with Gasteiger partial charge in [-0.05, 0) is 44.4 Å². The summed E-state index contributed by atoms with van der Waals surface area (Å²) in [7, 11) is 0. The lowest BCUT2D eigenvalue weighted by molar-refractivity contribution is -0.130. The highest BCUT2D eigenvalue weighted by Gasteiger charge is 2.23. The van der Waals surface area contributed by atoms with Gasteiger partial charge in [-0.2, -0.15) is 0 Å². The predicted octanol–water partition coefficient (Wildman–Crippen LogP) is 3.18. The van der Waals surface area contributed by atoms with Crippen LogP contribution >= 0.6 is 15.9 Å². The number of likely N-dealkylation sites (tertiary alicyclic amines) is 1. The van der Waals surface area contributed by atoms with Crippen molar-refractivity contribution in [3.8, 4) is 0 Å². The van der Waals surface area contributed by atoms with E-state index < -0.39 is 0 Å². The SMILES string of the molecule is Cc1c(Br)cccc1NC(C)C(=O)N1CCCC1. The Kier molecular flexibility index (Phi) is 4.27. The molecule has 1 heterocycles. The maximum absolute atomic E-state index is 12.2. The van der Waals surface area contributed by atoms with E-state index in [1.165, 1.54) is 0 Å². The fourth-order valence-electron chi connectivity index (χ4n) is 2.27. The Morgan fingerprint density at radius 3 is 2.72 bits per heavy atom. The minimum absolute atomic E-state index is 0.170. The van der Waals surface area contributed by atoms with Crippen molar-refractivity contribution in [1.29, 1.82) is 0 Å². The molecule has 1 aliphatic heterocycles. The molecule has 1 N–H and O–H groups in total.